The lowest BCUT2D eigenvalue weighted by atomic mass is 10.1. The molecular formula is C12H16Cl2OS. The molecule has 0 aliphatic heterocycles. The van der Waals surface area contributed by atoms with Gasteiger partial charge in [-0.2, -0.15) is 11.8 Å². The average molecular weight is 279 g/mol. The predicted octanol–water partition coefficient (Wildman–Crippen LogP) is 4.42. The van der Waals surface area contributed by atoms with Gasteiger partial charge in [-0.05, 0) is 29.4 Å². The molecule has 0 heterocycles. The maximum absolute atomic E-state index is 9.93. The molecule has 0 saturated heterocycles. The summed E-state index contributed by atoms with van der Waals surface area (Å²) in [5, 5.41) is 10.9. The molecule has 0 radical (unpaired) electrons. The van der Waals surface area contributed by atoms with E-state index in [0.29, 0.717) is 21.7 Å². The Bertz CT molecular complexity index is 342. The van der Waals surface area contributed by atoms with Crippen LogP contribution in [0, 0.1) is 5.92 Å². The van der Waals surface area contributed by atoms with Gasteiger partial charge < -0.3 is 5.11 Å². The number of thioether (sulfide) groups is 1. The summed E-state index contributed by atoms with van der Waals surface area (Å²) in [5.74, 6) is 2.39. The van der Waals surface area contributed by atoms with Crippen LogP contribution in [0.1, 0.15) is 25.5 Å². The van der Waals surface area contributed by atoms with Gasteiger partial charge >= 0.3 is 0 Å². The molecule has 0 amide bonds. The lowest BCUT2D eigenvalue weighted by molar-refractivity contribution is 0.204. The third-order valence-corrected chi connectivity index (χ3v) is 4.25. The monoisotopic (exact) mass is 278 g/mol. The van der Waals surface area contributed by atoms with E-state index in [1.165, 1.54) is 0 Å². The van der Waals surface area contributed by atoms with Crippen molar-refractivity contribution in [3.63, 3.8) is 0 Å². The van der Waals surface area contributed by atoms with E-state index in [1.807, 2.05) is 6.07 Å². The average Bonchev–Trinajstić information content (AvgIpc) is 2.21. The number of aliphatic hydroxyl groups is 1. The molecular weight excluding hydrogens is 263 g/mol. The number of hydrogen-bond acceptors (Lipinski definition) is 2. The highest BCUT2D eigenvalue weighted by Gasteiger charge is 2.09. The lowest BCUT2D eigenvalue weighted by Crippen LogP contribution is -2.02. The van der Waals surface area contributed by atoms with Gasteiger partial charge in [0.2, 0.25) is 0 Å². The van der Waals surface area contributed by atoms with Crippen LogP contribution in [-0.4, -0.2) is 16.6 Å². The predicted molar refractivity (Wildman–Crippen MR) is 73.6 cm³/mol. The number of rotatable bonds is 5. The van der Waals surface area contributed by atoms with Gasteiger partial charge in [0.25, 0.3) is 0 Å². The van der Waals surface area contributed by atoms with Crippen molar-refractivity contribution in [1.82, 2.24) is 0 Å². The van der Waals surface area contributed by atoms with Crippen molar-refractivity contribution in [3.05, 3.63) is 33.8 Å². The van der Waals surface area contributed by atoms with Crippen molar-refractivity contribution >= 4 is 35.0 Å². The van der Waals surface area contributed by atoms with Crippen molar-refractivity contribution in [2.45, 2.75) is 20.0 Å². The van der Waals surface area contributed by atoms with Crippen LogP contribution in [0.3, 0.4) is 0 Å². The molecule has 16 heavy (non-hydrogen) atoms. The van der Waals surface area contributed by atoms with Gasteiger partial charge in [-0.3, -0.25) is 0 Å². The maximum atomic E-state index is 9.93. The Balaban J connectivity index is 2.52. The zero-order valence-electron chi connectivity index (χ0n) is 9.41. The van der Waals surface area contributed by atoms with E-state index in [-0.39, 0.29) is 0 Å². The molecule has 0 aliphatic carbocycles. The standard InChI is InChI=1S/C12H16Cl2OS/c1-8(2)6-16-7-12(15)9-3-4-10(13)11(14)5-9/h3-5,8,12,15H,6-7H2,1-2H3. The van der Waals surface area contributed by atoms with Gasteiger partial charge in [-0.1, -0.05) is 43.1 Å². The summed E-state index contributed by atoms with van der Waals surface area (Å²) in [5.41, 5.74) is 0.825. The summed E-state index contributed by atoms with van der Waals surface area (Å²) in [6.45, 7) is 4.33. The number of aliphatic hydroxyl groups excluding tert-OH is 1. The lowest BCUT2D eigenvalue weighted by Gasteiger charge is -2.12. The molecule has 1 rings (SSSR count). The Kier molecular flexibility index (Phi) is 5.98. The van der Waals surface area contributed by atoms with Crippen LogP contribution in [-0.2, 0) is 0 Å². The highest BCUT2D eigenvalue weighted by molar-refractivity contribution is 7.99. The minimum atomic E-state index is -0.474. The van der Waals surface area contributed by atoms with Gasteiger partial charge in [0.15, 0.2) is 0 Å². The molecule has 90 valence electrons. The molecule has 1 aromatic carbocycles. The fourth-order valence-corrected chi connectivity index (χ4v) is 2.56. The first-order valence-corrected chi connectivity index (χ1v) is 7.12. The minimum Gasteiger partial charge on any atom is -0.388 e. The second-order valence-electron chi connectivity index (χ2n) is 4.12. The first-order valence-electron chi connectivity index (χ1n) is 5.21. The van der Waals surface area contributed by atoms with Gasteiger partial charge in [-0.15, -0.1) is 0 Å². The van der Waals surface area contributed by atoms with Crippen molar-refractivity contribution in [1.29, 1.82) is 0 Å². The molecule has 0 aliphatic rings. The molecule has 1 nitrogen and oxygen atoms in total. The highest BCUT2D eigenvalue weighted by atomic mass is 35.5. The van der Waals surface area contributed by atoms with Gasteiger partial charge in [0, 0.05) is 5.75 Å². The molecule has 0 fully saturated rings. The molecule has 1 atom stereocenters. The topological polar surface area (TPSA) is 20.2 Å². The number of halogens is 2. The maximum Gasteiger partial charge on any atom is 0.0880 e. The molecule has 4 heteroatoms. The van der Waals surface area contributed by atoms with E-state index < -0.39 is 6.10 Å². The van der Waals surface area contributed by atoms with Crippen molar-refractivity contribution in [2.75, 3.05) is 11.5 Å². The molecule has 0 spiro atoms. The van der Waals surface area contributed by atoms with Gasteiger partial charge in [-0.25, -0.2) is 0 Å². The Morgan fingerprint density at radius 3 is 2.44 bits per heavy atom. The van der Waals surface area contributed by atoms with Crippen LogP contribution >= 0.6 is 35.0 Å². The third kappa shape index (κ3) is 4.54. The van der Waals surface area contributed by atoms with Crippen molar-refractivity contribution < 1.29 is 5.11 Å². The summed E-state index contributed by atoms with van der Waals surface area (Å²) in [4.78, 5) is 0. The Labute approximate surface area is 111 Å². The second kappa shape index (κ2) is 6.75. The van der Waals surface area contributed by atoms with Crippen LogP contribution < -0.4 is 0 Å². The van der Waals surface area contributed by atoms with Gasteiger partial charge in [0.1, 0.15) is 0 Å². The first kappa shape index (κ1) is 14.2. The molecule has 0 saturated carbocycles. The highest BCUT2D eigenvalue weighted by Crippen LogP contribution is 2.27. The van der Waals surface area contributed by atoms with Crippen molar-refractivity contribution in [2.24, 2.45) is 5.92 Å². The zero-order valence-corrected chi connectivity index (χ0v) is 11.7. The smallest absolute Gasteiger partial charge is 0.0880 e. The largest absolute Gasteiger partial charge is 0.388 e. The van der Waals surface area contributed by atoms with Crippen LogP contribution in [0.25, 0.3) is 0 Å². The van der Waals surface area contributed by atoms with Crippen molar-refractivity contribution in [3.8, 4) is 0 Å². The Hall–Kier alpha value is 0.110. The van der Waals surface area contributed by atoms with E-state index in [9.17, 15) is 5.11 Å². The molecule has 1 unspecified atom stereocenters. The van der Waals surface area contributed by atoms with Crippen LogP contribution in [0.2, 0.25) is 10.0 Å². The quantitative estimate of drug-likeness (QED) is 0.861. The third-order valence-electron chi connectivity index (χ3n) is 2.06. The van der Waals surface area contributed by atoms with E-state index in [4.69, 9.17) is 23.2 Å². The fraction of sp³-hybridized carbons (Fsp3) is 0.500. The van der Waals surface area contributed by atoms with Crippen LogP contribution in [0.5, 0.6) is 0 Å². The fourth-order valence-electron chi connectivity index (χ4n) is 1.23. The molecule has 1 N–H and O–H groups in total. The van der Waals surface area contributed by atoms with Crippen LogP contribution in [0.15, 0.2) is 18.2 Å². The normalized spacial score (nSPS) is 13.1. The zero-order chi connectivity index (χ0) is 12.1. The van der Waals surface area contributed by atoms with E-state index in [0.717, 1.165) is 11.3 Å². The minimum absolute atomic E-state index is 0.474. The van der Waals surface area contributed by atoms with Gasteiger partial charge in [0.05, 0.1) is 16.1 Å². The summed E-state index contributed by atoms with van der Waals surface area (Å²) in [6.07, 6.45) is -0.474. The molecule has 1 aromatic rings. The number of hydrogen-bond donors (Lipinski definition) is 1. The summed E-state index contributed by atoms with van der Waals surface area (Å²) in [6, 6.07) is 5.26. The molecule has 0 aromatic heterocycles. The molecule has 0 bridgehead atoms. The van der Waals surface area contributed by atoms with Crippen LogP contribution in [0.4, 0.5) is 0 Å². The Morgan fingerprint density at radius 2 is 1.88 bits per heavy atom. The van der Waals surface area contributed by atoms with E-state index >= 15 is 0 Å². The van der Waals surface area contributed by atoms with E-state index in [2.05, 4.69) is 13.8 Å². The summed E-state index contributed by atoms with van der Waals surface area (Å²) < 4.78 is 0. The first-order chi connectivity index (χ1) is 7.50. The van der Waals surface area contributed by atoms with E-state index in [1.54, 1.807) is 23.9 Å². The Morgan fingerprint density at radius 1 is 1.19 bits per heavy atom. The summed E-state index contributed by atoms with van der Waals surface area (Å²) in [7, 11) is 0. The SMILES string of the molecule is CC(C)CSCC(O)c1ccc(Cl)c(Cl)c1. The summed E-state index contributed by atoms with van der Waals surface area (Å²) >= 11 is 13.5. The second-order valence-corrected chi connectivity index (χ2v) is 6.01. The number of benzene rings is 1.